The van der Waals surface area contributed by atoms with Crippen LogP contribution in [0.25, 0.3) is 0 Å². The molecule has 0 aromatic heterocycles. The lowest BCUT2D eigenvalue weighted by molar-refractivity contribution is -0.133. The molecule has 2 saturated heterocycles. The SMILES string of the molecule is CCCCON1C(=O)N2CC1CC[C@H]2C(=O)NNC(=O)C(C)CC. The molecule has 0 aromatic rings. The number of rotatable bonds is 7. The topological polar surface area (TPSA) is 91.0 Å². The van der Waals surface area contributed by atoms with Crippen molar-refractivity contribution in [1.82, 2.24) is 20.8 Å². The molecular weight excluding hydrogens is 312 g/mol. The van der Waals surface area contributed by atoms with Gasteiger partial charge in [0.15, 0.2) is 0 Å². The number of hydrazine groups is 1. The van der Waals surface area contributed by atoms with Gasteiger partial charge >= 0.3 is 6.03 Å². The first-order chi connectivity index (χ1) is 11.5. The summed E-state index contributed by atoms with van der Waals surface area (Å²) in [6, 6.07) is -0.819. The molecule has 8 heteroatoms. The molecule has 2 unspecified atom stereocenters. The van der Waals surface area contributed by atoms with E-state index in [0.29, 0.717) is 32.4 Å². The Morgan fingerprint density at radius 2 is 2.04 bits per heavy atom. The van der Waals surface area contributed by atoms with Gasteiger partial charge in [0.1, 0.15) is 6.04 Å². The fourth-order valence-corrected chi connectivity index (χ4v) is 2.89. The number of piperidine rings is 1. The Hall–Kier alpha value is -1.83. The van der Waals surface area contributed by atoms with Crippen LogP contribution in [0.3, 0.4) is 0 Å². The number of urea groups is 1. The number of hydrogen-bond donors (Lipinski definition) is 2. The van der Waals surface area contributed by atoms with E-state index in [9.17, 15) is 14.4 Å². The summed E-state index contributed by atoms with van der Waals surface area (Å²) in [5.41, 5.74) is 4.88. The number of amides is 4. The van der Waals surface area contributed by atoms with Gasteiger partial charge in [0.25, 0.3) is 5.91 Å². The standard InChI is InChI=1S/C16H28N4O4/c1-4-6-9-24-20-12-7-8-13(19(10-12)16(20)23)15(22)18-17-14(21)11(3)5-2/h11-13H,4-10H2,1-3H3,(H,17,21)(H,18,22)/t11?,12?,13-/m0/s1. The summed E-state index contributed by atoms with van der Waals surface area (Å²) in [4.78, 5) is 43.6. The molecule has 136 valence electrons. The van der Waals surface area contributed by atoms with Crippen molar-refractivity contribution in [1.29, 1.82) is 0 Å². The summed E-state index contributed by atoms with van der Waals surface area (Å²) in [6.45, 7) is 6.76. The molecular formula is C16H28N4O4. The van der Waals surface area contributed by atoms with Gasteiger partial charge in [-0.05, 0) is 25.7 Å². The molecule has 0 spiro atoms. The lowest BCUT2D eigenvalue weighted by Crippen LogP contribution is -2.54. The van der Waals surface area contributed by atoms with Crippen LogP contribution in [-0.4, -0.2) is 53.0 Å². The fourth-order valence-electron chi connectivity index (χ4n) is 2.89. The molecule has 2 rings (SSSR count). The smallest absolute Gasteiger partial charge is 0.309 e. The van der Waals surface area contributed by atoms with Crippen molar-refractivity contribution >= 4 is 17.8 Å². The Kier molecular flexibility index (Phi) is 6.42. The minimum absolute atomic E-state index is 0.00751. The lowest BCUT2D eigenvalue weighted by Gasteiger charge is -2.29. The first kappa shape index (κ1) is 18.5. The predicted molar refractivity (Wildman–Crippen MR) is 87.4 cm³/mol. The Morgan fingerprint density at radius 3 is 2.71 bits per heavy atom. The van der Waals surface area contributed by atoms with Crippen LogP contribution >= 0.6 is 0 Å². The Bertz CT molecular complexity index is 485. The molecule has 2 aliphatic rings. The molecule has 2 aliphatic heterocycles. The van der Waals surface area contributed by atoms with Crippen LogP contribution < -0.4 is 10.9 Å². The summed E-state index contributed by atoms with van der Waals surface area (Å²) in [7, 11) is 0. The van der Waals surface area contributed by atoms with E-state index in [-0.39, 0.29) is 29.8 Å². The molecule has 0 aliphatic carbocycles. The highest BCUT2D eigenvalue weighted by Gasteiger charge is 2.47. The van der Waals surface area contributed by atoms with Crippen molar-refractivity contribution in [3.63, 3.8) is 0 Å². The third-order valence-corrected chi connectivity index (χ3v) is 4.72. The number of carbonyl (C=O) groups excluding carboxylic acids is 3. The van der Waals surface area contributed by atoms with Gasteiger partial charge in [-0.15, -0.1) is 0 Å². The van der Waals surface area contributed by atoms with Crippen LogP contribution in [0.5, 0.6) is 0 Å². The highest BCUT2D eigenvalue weighted by molar-refractivity contribution is 5.90. The number of unbranched alkanes of at least 4 members (excludes halogenated alkanes) is 1. The molecule has 2 fully saturated rings. The zero-order chi connectivity index (χ0) is 17.7. The molecule has 8 nitrogen and oxygen atoms in total. The zero-order valence-corrected chi connectivity index (χ0v) is 14.7. The molecule has 3 atom stereocenters. The second-order valence-corrected chi connectivity index (χ2v) is 6.48. The minimum Gasteiger partial charge on any atom is -0.309 e. The maximum absolute atomic E-state index is 12.4. The molecule has 2 N–H and O–H groups in total. The molecule has 0 saturated carbocycles. The monoisotopic (exact) mass is 340 g/mol. The van der Waals surface area contributed by atoms with Crippen LogP contribution in [0.1, 0.15) is 52.9 Å². The number of hydrogen-bond acceptors (Lipinski definition) is 4. The van der Waals surface area contributed by atoms with E-state index in [1.54, 1.807) is 6.92 Å². The van der Waals surface area contributed by atoms with Gasteiger partial charge in [-0.1, -0.05) is 27.2 Å². The van der Waals surface area contributed by atoms with Crippen LogP contribution in [0.15, 0.2) is 0 Å². The number of fused-ring (bicyclic) bond motifs is 2. The van der Waals surface area contributed by atoms with Gasteiger partial charge in [0.2, 0.25) is 5.91 Å². The van der Waals surface area contributed by atoms with Gasteiger partial charge in [0, 0.05) is 12.5 Å². The number of nitrogens with zero attached hydrogens (tertiary/aromatic N) is 2. The summed E-state index contributed by atoms with van der Waals surface area (Å²) in [5.74, 6) is -0.748. The van der Waals surface area contributed by atoms with Crippen molar-refractivity contribution in [2.24, 2.45) is 5.92 Å². The van der Waals surface area contributed by atoms with E-state index < -0.39 is 6.04 Å². The highest BCUT2D eigenvalue weighted by atomic mass is 16.7. The average molecular weight is 340 g/mol. The zero-order valence-electron chi connectivity index (χ0n) is 14.7. The first-order valence-electron chi connectivity index (χ1n) is 8.82. The summed E-state index contributed by atoms with van der Waals surface area (Å²) < 4.78 is 0. The normalized spacial score (nSPS) is 24.0. The van der Waals surface area contributed by atoms with Gasteiger partial charge in [-0.2, -0.15) is 5.06 Å². The maximum atomic E-state index is 12.4. The first-order valence-corrected chi connectivity index (χ1v) is 8.82. The van der Waals surface area contributed by atoms with E-state index in [1.807, 2.05) is 6.92 Å². The second kappa shape index (κ2) is 8.32. The highest BCUT2D eigenvalue weighted by Crippen LogP contribution is 2.30. The molecule has 0 radical (unpaired) electrons. The van der Waals surface area contributed by atoms with E-state index in [4.69, 9.17) is 4.84 Å². The van der Waals surface area contributed by atoms with Gasteiger partial charge in [-0.3, -0.25) is 25.3 Å². The molecule has 4 amide bonds. The van der Waals surface area contributed by atoms with E-state index in [0.717, 1.165) is 12.8 Å². The van der Waals surface area contributed by atoms with E-state index in [1.165, 1.54) is 9.96 Å². The number of hydroxylamine groups is 2. The maximum Gasteiger partial charge on any atom is 0.345 e. The fraction of sp³-hybridized carbons (Fsp3) is 0.812. The third-order valence-electron chi connectivity index (χ3n) is 4.72. The van der Waals surface area contributed by atoms with E-state index in [2.05, 4.69) is 17.8 Å². The van der Waals surface area contributed by atoms with Crippen LogP contribution in [-0.2, 0) is 14.4 Å². The van der Waals surface area contributed by atoms with Gasteiger partial charge in [0.05, 0.1) is 12.6 Å². The van der Waals surface area contributed by atoms with Crippen molar-refractivity contribution in [2.45, 2.75) is 65.0 Å². The molecule has 2 heterocycles. The largest absolute Gasteiger partial charge is 0.345 e. The second-order valence-electron chi connectivity index (χ2n) is 6.48. The van der Waals surface area contributed by atoms with Gasteiger partial charge < -0.3 is 4.90 Å². The molecule has 2 bridgehead atoms. The van der Waals surface area contributed by atoms with Crippen molar-refractivity contribution < 1.29 is 19.2 Å². The Balaban J connectivity index is 1.88. The molecule has 0 aromatic carbocycles. The van der Waals surface area contributed by atoms with Gasteiger partial charge in [-0.25, -0.2) is 4.79 Å². The number of carbonyl (C=O) groups is 3. The van der Waals surface area contributed by atoms with Crippen LogP contribution in [0, 0.1) is 5.92 Å². The minimum atomic E-state index is -0.564. The average Bonchev–Trinajstić information content (AvgIpc) is 2.83. The third kappa shape index (κ3) is 3.98. The van der Waals surface area contributed by atoms with Crippen LogP contribution in [0.2, 0.25) is 0 Å². The Labute approximate surface area is 142 Å². The van der Waals surface area contributed by atoms with E-state index >= 15 is 0 Å². The van der Waals surface area contributed by atoms with Crippen molar-refractivity contribution in [3.8, 4) is 0 Å². The molecule has 24 heavy (non-hydrogen) atoms. The van der Waals surface area contributed by atoms with Crippen molar-refractivity contribution in [3.05, 3.63) is 0 Å². The lowest BCUT2D eigenvalue weighted by atomic mass is 10.0. The predicted octanol–water partition coefficient (Wildman–Crippen LogP) is 1.18. The Morgan fingerprint density at radius 1 is 1.29 bits per heavy atom. The van der Waals surface area contributed by atoms with Crippen molar-refractivity contribution in [2.75, 3.05) is 13.2 Å². The summed E-state index contributed by atoms with van der Waals surface area (Å²) in [6.07, 6.45) is 3.86. The van der Waals surface area contributed by atoms with Crippen LogP contribution in [0.4, 0.5) is 4.79 Å². The summed E-state index contributed by atoms with van der Waals surface area (Å²) >= 11 is 0. The number of nitrogens with one attached hydrogen (secondary N) is 2. The quantitative estimate of drug-likeness (QED) is 0.538. The summed E-state index contributed by atoms with van der Waals surface area (Å²) in [5, 5.41) is 1.42.